The first kappa shape index (κ1) is 8.73. The van der Waals surface area contributed by atoms with Gasteiger partial charge in [-0.15, -0.1) is 0 Å². The van der Waals surface area contributed by atoms with E-state index < -0.39 is 0 Å². The highest BCUT2D eigenvalue weighted by Crippen LogP contribution is 2.16. The molecule has 0 amide bonds. The van der Waals surface area contributed by atoms with E-state index in [-0.39, 0.29) is 6.04 Å². The fourth-order valence-electron chi connectivity index (χ4n) is 1.34. The maximum atomic E-state index is 8.61. The third-order valence-electron chi connectivity index (χ3n) is 2.08. The van der Waals surface area contributed by atoms with Gasteiger partial charge in [0.2, 0.25) is 0 Å². The van der Waals surface area contributed by atoms with Gasteiger partial charge in [0.05, 0.1) is 17.3 Å². The quantitative estimate of drug-likeness (QED) is 0.709. The van der Waals surface area contributed by atoms with Crippen LogP contribution in [0.15, 0.2) is 30.6 Å². The van der Waals surface area contributed by atoms with Crippen molar-refractivity contribution < 1.29 is 0 Å². The normalized spacial score (nSPS) is 19.7. The van der Waals surface area contributed by atoms with E-state index in [0.29, 0.717) is 5.56 Å². The summed E-state index contributed by atoms with van der Waals surface area (Å²) in [5, 5.41) is 10.5. The van der Waals surface area contributed by atoms with Gasteiger partial charge in [0.1, 0.15) is 6.07 Å². The molecule has 70 valence electrons. The molecular weight excluding hydrogens is 176 g/mol. The van der Waals surface area contributed by atoms with Crippen molar-refractivity contribution >= 4 is 0 Å². The number of hydrogen-bond acceptors (Lipinski definition) is 4. The van der Waals surface area contributed by atoms with Gasteiger partial charge in [-0.05, 0) is 18.2 Å². The lowest BCUT2D eigenvalue weighted by Gasteiger charge is -2.13. The molecule has 14 heavy (non-hydrogen) atoms. The van der Waals surface area contributed by atoms with E-state index >= 15 is 0 Å². The largest absolute Gasteiger partial charge is 0.318 e. The lowest BCUT2D eigenvalue weighted by atomic mass is 10.2. The van der Waals surface area contributed by atoms with Gasteiger partial charge in [-0.2, -0.15) is 5.26 Å². The van der Waals surface area contributed by atoms with Crippen molar-refractivity contribution in [2.45, 2.75) is 6.04 Å². The number of rotatable bonds is 1. The molecule has 0 saturated carbocycles. The predicted molar refractivity (Wildman–Crippen MR) is 51.7 cm³/mol. The molecule has 0 spiro atoms. The Labute approximate surface area is 82.5 Å². The van der Waals surface area contributed by atoms with Crippen LogP contribution in [-0.4, -0.2) is 17.0 Å². The van der Waals surface area contributed by atoms with Crippen LogP contribution in [0, 0.1) is 11.3 Å². The molecule has 2 heterocycles. The minimum absolute atomic E-state index is 0.118. The first-order chi connectivity index (χ1) is 6.79. The Bertz CT molecular complexity index is 388. The molecule has 1 N–H and O–H groups in total. The molecule has 1 aromatic heterocycles. The summed E-state index contributed by atoms with van der Waals surface area (Å²) in [5.74, 6) is 0. The summed E-state index contributed by atoms with van der Waals surface area (Å²) in [6, 6.07) is 5.80. The van der Waals surface area contributed by atoms with Crippen molar-refractivity contribution in [3.05, 3.63) is 41.9 Å². The molecule has 2 rings (SSSR count). The van der Waals surface area contributed by atoms with E-state index in [1.807, 2.05) is 36.5 Å². The van der Waals surface area contributed by atoms with Gasteiger partial charge in [0.15, 0.2) is 0 Å². The molecule has 0 aliphatic carbocycles. The van der Waals surface area contributed by atoms with Crippen LogP contribution in [0.2, 0.25) is 0 Å². The van der Waals surface area contributed by atoms with Crippen LogP contribution in [0.4, 0.5) is 0 Å². The Kier molecular flexibility index (Phi) is 2.17. The van der Waals surface area contributed by atoms with Gasteiger partial charge >= 0.3 is 0 Å². The lowest BCUT2D eigenvalue weighted by Crippen LogP contribution is -2.27. The number of hydrogen-bond donors (Lipinski definition) is 1. The minimum Gasteiger partial charge on any atom is -0.318 e. The van der Waals surface area contributed by atoms with E-state index in [4.69, 9.17) is 5.26 Å². The highest BCUT2D eigenvalue weighted by atomic mass is 15.5. The van der Waals surface area contributed by atoms with Gasteiger partial charge in [0, 0.05) is 19.4 Å². The van der Waals surface area contributed by atoms with E-state index in [1.54, 1.807) is 12.3 Å². The number of nitriles is 1. The van der Waals surface area contributed by atoms with Crippen LogP contribution < -0.4 is 5.43 Å². The zero-order chi connectivity index (χ0) is 9.97. The monoisotopic (exact) mass is 186 g/mol. The third-order valence-corrected chi connectivity index (χ3v) is 2.08. The molecule has 1 aromatic rings. The highest BCUT2D eigenvalue weighted by Gasteiger charge is 2.14. The molecule has 0 saturated heterocycles. The zero-order valence-corrected chi connectivity index (χ0v) is 7.81. The second-order valence-electron chi connectivity index (χ2n) is 3.14. The van der Waals surface area contributed by atoms with Crippen molar-refractivity contribution in [2.24, 2.45) is 0 Å². The van der Waals surface area contributed by atoms with Crippen LogP contribution in [0.1, 0.15) is 17.3 Å². The van der Waals surface area contributed by atoms with Crippen LogP contribution in [0.3, 0.4) is 0 Å². The van der Waals surface area contributed by atoms with Crippen molar-refractivity contribution in [2.75, 3.05) is 7.05 Å². The summed E-state index contributed by atoms with van der Waals surface area (Å²) in [6.07, 6.45) is 5.56. The summed E-state index contributed by atoms with van der Waals surface area (Å²) in [4.78, 5) is 4.20. The Balaban J connectivity index is 2.19. The van der Waals surface area contributed by atoms with Crippen LogP contribution >= 0.6 is 0 Å². The molecule has 1 atom stereocenters. The molecule has 1 unspecified atom stereocenters. The molecule has 1 aliphatic rings. The number of aromatic nitrogens is 1. The predicted octanol–water partition coefficient (Wildman–Crippen LogP) is 0.958. The van der Waals surface area contributed by atoms with Crippen LogP contribution in [0.5, 0.6) is 0 Å². The molecule has 0 fully saturated rings. The van der Waals surface area contributed by atoms with E-state index in [0.717, 1.165) is 5.69 Å². The molecule has 1 aliphatic heterocycles. The second-order valence-corrected chi connectivity index (χ2v) is 3.14. The molecule has 0 radical (unpaired) electrons. The van der Waals surface area contributed by atoms with E-state index in [9.17, 15) is 0 Å². The molecule has 0 bridgehead atoms. The molecular formula is C10H10N4. The van der Waals surface area contributed by atoms with Gasteiger partial charge in [0.25, 0.3) is 0 Å². The summed E-state index contributed by atoms with van der Waals surface area (Å²) in [6.45, 7) is 0. The standard InChI is InChI=1S/C10H10N4/c1-14-5-4-10(13-14)9-3-2-8(6-11)7-12-9/h2-5,7,10,13H,1H3. The fourth-order valence-corrected chi connectivity index (χ4v) is 1.34. The summed E-state index contributed by atoms with van der Waals surface area (Å²) >= 11 is 0. The van der Waals surface area contributed by atoms with Gasteiger partial charge in [-0.25, -0.2) is 5.43 Å². The first-order valence-electron chi connectivity index (χ1n) is 4.33. The summed E-state index contributed by atoms with van der Waals surface area (Å²) in [7, 11) is 1.93. The number of nitrogens with one attached hydrogen (secondary N) is 1. The molecule has 4 nitrogen and oxygen atoms in total. The van der Waals surface area contributed by atoms with Crippen LogP contribution in [-0.2, 0) is 0 Å². The van der Waals surface area contributed by atoms with E-state index in [1.165, 1.54) is 0 Å². The highest BCUT2D eigenvalue weighted by molar-refractivity contribution is 5.28. The average molecular weight is 186 g/mol. The van der Waals surface area contributed by atoms with E-state index in [2.05, 4.69) is 10.4 Å². The van der Waals surface area contributed by atoms with Gasteiger partial charge < -0.3 is 5.01 Å². The lowest BCUT2D eigenvalue weighted by molar-refractivity contribution is 0.331. The number of pyridine rings is 1. The maximum absolute atomic E-state index is 8.61. The van der Waals surface area contributed by atoms with Gasteiger partial charge in [-0.3, -0.25) is 4.98 Å². The van der Waals surface area contributed by atoms with Gasteiger partial charge in [-0.1, -0.05) is 0 Å². The molecule has 4 heteroatoms. The third kappa shape index (κ3) is 1.58. The Hall–Kier alpha value is -1.86. The Morgan fingerprint density at radius 2 is 2.43 bits per heavy atom. The van der Waals surface area contributed by atoms with Crippen molar-refractivity contribution in [3.63, 3.8) is 0 Å². The maximum Gasteiger partial charge on any atom is 0.101 e. The first-order valence-corrected chi connectivity index (χ1v) is 4.33. The summed E-state index contributed by atoms with van der Waals surface area (Å²) < 4.78 is 0. The molecule has 0 aromatic carbocycles. The number of hydrazine groups is 1. The SMILES string of the molecule is CN1C=CC(c2ccc(C#N)cn2)N1. The average Bonchev–Trinajstić information content (AvgIpc) is 2.65. The van der Waals surface area contributed by atoms with Crippen LogP contribution in [0.25, 0.3) is 0 Å². The number of nitrogens with zero attached hydrogens (tertiary/aromatic N) is 3. The van der Waals surface area contributed by atoms with Crippen molar-refractivity contribution in [1.29, 1.82) is 5.26 Å². The zero-order valence-electron chi connectivity index (χ0n) is 7.81. The Morgan fingerprint density at radius 3 is 2.93 bits per heavy atom. The minimum atomic E-state index is 0.118. The fraction of sp³-hybridized carbons (Fsp3) is 0.200. The topological polar surface area (TPSA) is 52.0 Å². The van der Waals surface area contributed by atoms with Crippen molar-refractivity contribution in [3.8, 4) is 6.07 Å². The Morgan fingerprint density at radius 1 is 1.57 bits per heavy atom. The van der Waals surface area contributed by atoms with Crippen molar-refractivity contribution in [1.82, 2.24) is 15.4 Å². The smallest absolute Gasteiger partial charge is 0.101 e. The summed E-state index contributed by atoms with van der Waals surface area (Å²) in [5.41, 5.74) is 4.69. The second kappa shape index (κ2) is 3.48.